The van der Waals surface area contributed by atoms with E-state index in [0.29, 0.717) is 0 Å². The highest BCUT2D eigenvalue weighted by Crippen LogP contribution is 2.32. The first-order valence-electron chi connectivity index (χ1n) is 7.51. The van der Waals surface area contributed by atoms with Crippen LogP contribution < -0.4 is 10.1 Å². The van der Waals surface area contributed by atoms with E-state index in [1.807, 2.05) is 10.7 Å². The van der Waals surface area contributed by atoms with E-state index in [9.17, 15) is 0 Å². The summed E-state index contributed by atoms with van der Waals surface area (Å²) in [6.07, 6.45) is 4.64. The Hall–Kier alpha value is -1.40. The van der Waals surface area contributed by atoms with Gasteiger partial charge in [-0.2, -0.15) is 5.10 Å². The minimum Gasteiger partial charge on any atom is -0.496 e. The molecule has 1 N–H and O–H groups in total. The Morgan fingerprint density at radius 3 is 2.95 bits per heavy atom. The van der Waals surface area contributed by atoms with E-state index in [1.165, 1.54) is 4.88 Å². The van der Waals surface area contributed by atoms with Gasteiger partial charge in [0.05, 0.1) is 18.0 Å². The van der Waals surface area contributed by atoms with E-state index in [-0.39, 0.29) is 6.04 Å². The van der Waals surface area contributed by atoms with E-state index in [4.69, 9.17) is 4.74 Å². The molecule has 0 aliphatic rings. The van der Waals surface area contributed by atoms with Gasteiger partial charge in [-0.05, 0) is 30.8 Å². The molecule has 1 atom stereocenters. The number of aryl methyl sites for hydroxylation is 1. The van der Waals surface area contributed by atoms with Crippen LogP contribution >= 0.6 is 11.3 Å². The number of thiophene rings is 1. The average Bonchev–Trinajstić information content (AvgIpc) is 3.13. The van der Waals surface area contributed by atoms with Crippen molar-refractivity contribution in [2.45, 2.75) is 45.7 Å². The molecule has 5 nitrogen and oxygen atoms in total. The van der Waals surface area contributed by atoms with Crippen LogP contribution in [0.3, 0.4) is 0 Å². The van der Waals surface area contributed by atoms with Crippen molar-refractivity contribution in [3.05, 3.63) is 28.5 Å². The first-order chi connectivity index (χ1) is 10.3. The third-order valence-corrected chi connectivity index (χ3v) is 4.36. The zero-order chi connectivity index (χ0) is 15.1. The molecule has 2 rings (SSSR count). The zero-order valence-electron chi connectivity index (χ0n) is 13.0. The third-order valence-electron chi connectivity index (χ3n) is 3.35. The molecule has 6 heteroatoms. The fourth-order valence-corrected chi connectivity index (χ4v) is 3.27. The van der Waals surface area contributed by atoms with Gasteiger partial charge in [0, 0.05) is 13.0 Å². The normalized spacial score (nSPS) is 12.5. The van der Waals surface area contributed by atoms with E-state index in [2.05, 4.69) is 34.6 Å². The standard InChI is InChI=1S/C15H24N4OS/c1-4-7-16-12(15-13(20-3)6-9-21-15)10-14-17-11-18-19(14)8-5-2/h6,9,11-12,16H,4-5,7-8,10H2,1-3H3. The molecule has 0 aliphatic heterocycles. The summed E-state index contributed by atoms with van der Waals surface area (Å²) in [4.78, 5) is 5.66. The summed E-state index contributed by atoms with van der Waals surface area (Å²) in [6, 6.07) is 2.25. The van der Waals surface area contributed by atoms with Crippen LogP contribution in [-0.4, -0.2) is 28.4 Å². The fourth-order valence-electron chi connectivity index (χ4n) is 2.34. The molecule has 0 bridgehead atoms. The van der Waals surface area contributed by atoms with Crippen molar-refractivity contribution in [2.75, 3.05) is 13.7 Å². The van der Waals surface area contributed by atoms with Crippen LogP contribution in [0, 0.1) is 0 Å². The van der Waals surface area contributed by atoms with Crippen LogP contribution in [0.4, 0.5) is 0 Å². The average molecular weight is 308 g/mol. The molecule has 0 spiro atoms. The van der Waals surface area contributed by atoms with Gasteiger partial charge < -0.3 is 10.1 Å². The molecule has 0 saturated heterocycles. The van der Waals surface area contributed by atoms with Crippen molar-refractivity contribution in [1.29, 1.82) is 0 Å². The number of aromatic nitrogens is 3. The summed E-state index contributed by atoms with van der Waals surface area (Å²) < 4.78 is 7.47. The first kappa shape index (κ1) is 16.0. The second-order valence-corrected chi connectivity index (χ2v) is 5.91. The maximum atomic E-state index is 5.47. The number of ether oxygens (including phenoxy) is 1. The topological polar surface area (TPSA) is 52.0 Å². The monoisotopic (exact) mass is 308 g/mol. The fraction of sp³-hybridized carbons (Fsp3) is 0.600. The summed E-state index contributed by atoms with van der Waals surface area (Å²) >= 11 is 1.73. The second-order valence-electron chi connectivity index (χ2n) is 4.96. The summed E-state index contributed by atoms with van der Waals surface area (Å²) in [5.74, 6) is 1.98. The molecule has 0 fully saturated rings. The van der Waals surface area contributed by atoms with Crippen molar-refractivity contribution in [3.8, 4) is 5.75 Å². The van der Waals surface area contributed by atoms with E-state index >= 15 is 0 Å². The van der Waals surface area contributed by atoms with Gasteiger partial charge in [-0.15, -0.1) is 11.3 Å². The highest BCUT2D eigenvalue weighted by atomic mass is 32.1. The van der Waals surface area contributed by atoms with Crippen molar-refractivity contribution >= 4 is 11.3 Å². The molecule has 2 aromatic rings. The lowest BCUT2D eigenvalue weighted by Crippen LogP contribution is -2.25. The van der Waals surface area contributed by atoms with Crippen LogP contribution in [0.25, 0.3) is 0 Å². The highest BCUT2D eigenvalue weighted by Gasteiger charge is 2.20. The summed E-state index contributed by atoms with van der Waals surface area (Å²) in [6.45, 7) is 6.22. The molecule has 21 heavy (non-hydrogen) atoms. The molecule has 116 valence electrons. The molecule has 2 heterocycles. The van der Waals surface area contributed by atoms with Gasteiger partial charge in [0.1, 0.15) is 17.9 Å². The Bertz CT molecular complexity index is 537. The van der Waals surface area contributed by atoms with Crippen LogP contribution in [-0.2, 0) is 13.0 Å². The van der Waals surface area contributed by atoms with Gasteiger partial charge in [-0.3, -0.25) is 4.68 Å². The summed E-state index contributed by atoms with van der Waals surface area (Å²) in [7, 11) is 1.72. The lowest BCUT2D eigenvalue weighted by Gasteiger charge is -2.18. The van der Waals surface area contributed by atoms with E-state index < -0.39 is 0 Å². The number of methoxy groups -OCH3 is 1. The van der Waals surface area contributed by atoms with Gasteiger partial charge in [-0.1, -0.05) is 13.8 Å². The minimum absolute atomic E-state index is 0.222. The van der Waals surface area contributed by atoms with Gasteiger partial charge in [0.25, 0.3) is 0 Å². The first-order valence-corrected chi connectivity index (χ1v) is 8.39. The Kier molecular flexibility index (Phi) is 6.20. The van der Waals surface area contributed by atoms with Crippen LogP contribution in [0.5, 0.6) is 5.75 Å². The second kappa shape index (κ2) is 8.14. The summed E-state index contributed by atoms with van der Waals surface area (Å²) in [5, 5.41) is 9.99. The van der Waals surface area contributed by atoms with Crippen molar-refractivity contribution < 1.29 is 4.74 Å². The number of hydrogen-bond donors (Lipinski definition) is 1. The van der Waals surface area contributed by atoms with Gasteiger partial charge in [-0.25, -0.2) is 4.98 Å². The van der Waals surface area contributed by atoms with E-state index in [1.54, 1.807) is 24.8 Å². The maximum absolute atomic E-state index is 5.47. The van der Waals surface area contributed by atoms with Crippen molar-refractivity contribution in [2.24, 2.45) is 0 Å². The van der Waals surface area contributed by atoms with Gasteiger partial charge in [0.2, 0.25) is 0 Å². The van der Waals surface area contributed by atoms with Crippen molar-refractivity contribution in [3.63, 3.8) is 0 Å². The zero-order valence-corrected chi connectivity index (χ0v) is 13.8. The molecule has 2 aromatic heterocycles. The SMILES string of the molecule is CCCNC(Cc1ncnn1CCC)c1sccc1OC. The van der Waals surface area contributed by atoms with Crippen molar-refractivity contribution in [1.82, 2.24) is 20.1 Å². The Balaban J connectivity index is 2.18. The summed E-state index contributed by atoms with van der Waals surface area (Å²) in [5.41, 5.74) is 0. The molecular formula is C15H24N4OS. The lowest BCUT2D eigenvalue weighted by atomic mass is 10.1. The number of hydrogen-bond acceptors (Lipinski definition) is 5. The van der Waals surface area contributed by atoms with Gasteiger partial charge in [0.15, 0.2) is 0 Å². The van der Waals surface area contributed by atoms with Crippen LogP contribution in [0.1, 0.15) is 43.4 Å². The Labute approximate surface area is 130 Å². The predicted molar refractivity (Wildman–Crippen MR) is 85.9 cm³/mol. The third kappa shape index (κ3) is 4.04. The number of rotatable bonds is 9. The largest absolute Gasteiger partial charge is 0.496 e. The molecule has 0 radical (unpaired) electrons. The predicted octanol–water partition coefficient (Wildman–Crippen LogP) is 3.04. The lowest BCUT2D eigenvalue weighted by molar-refractivity contribution is 0.400. The molecule has 0 aliphatic carbocycles. The molecular weight excluding hydrogens is 284 g/mol. The van der Waals surface area contributed by atoms with E-state index in [0.717, 1.165) is 43.9 Å². The van der Waals surface area contributed by atoms with Crippen LogP contribution in [0.15, 0.2) is 17.8 Å². The highest BCUT2D eigenvalue weighted by molar-refractivity contribution is 7.10. The van der Waals surface area contributed by atoms with Crippen LogP contribution in [0.2, 0.25) is 0 Å². The Morgan fingerprint density at radius 2 is 2.24 bits per heavy atom. The Morgan fingerprint density at radius 1 is 1.38 bits per heavy atom. The molecule has 0 aromatic carbocycles. The molecule has 1 unspecified atom stereocenters. The molecule has 0 saturated carbocycles. The molecule has 0 amide bonds. The van der Waals surface area contributed by atoms with Gasteiger partial charge >= 0.3 is 0 Å². The number of nitrogens with zero attached hydrogens (tertiary/aromatic N) is 3. The smallest absolute Gasteiger partial charge is 0.138 e. The number of nitrogens with one attached hydrogen (secondary N) is 1. The maximum Gasteiger partial charge on any atom is 0.138 e. The minimum atomic E-state index is 0.222. The quantitative estimate of drug-likeness (QED) is 0.773.